The maximum atomic E-state index is 12.1. The summed E-state index contributed by atoms with van der Waals surface area (Å²) in [6.07, 6.45) is 0.389. The molecule has 9 heteroatoms. The van der Waals surface area contributed by atoms with Gasteiger partial charge in [-0.25, -0.2) is 19.6 Å². The van der Waals surface area contributed by atoms with E-state index in [0.717, 1.165) is 41.0 Å². The Hall–Kier alpha value is -4.40. The van der Waals surface area contributed by atoms with Crippen LogP contribution in [0.5, 0.6) is 5.75 Å². The van der Waals surface area contributed by atoms with Gasteiger partial charge in [0.25, 0.3) is 0 Å². The van der Waals surface area contributed by atoms with Gasteiger partial charge in [-0.2, -0.15) is 0 Å². The number of ether oxygens (including phenoxy) is 1. The van der Waals surface area contributed by atoms with Crippen LogP contribution in [-0.4, -0.2) is 50.8 Å². The molecule has 4 aromatic rings. The number of pyridine rings is 1. The Bertz CT molecular complexity index is 1410. The molecular weight excluding hydrogens is 458 g/mol. The second kappa shape index (κ2) is 10.5. The molecule has 2 heterocycles. The molecule has 36 heavy (non-hydrogen) atoms. The van der Waals surface area contributed by atoms with Gasteiger partial charge >= 0.3 is 12.2 Å². The van der Waals surface area contributed by atoms with Crippen molar-refractivity contribution in [2.45, 2.75) is 33.2 Å². The lowest BCUT2D eigenvalue weighted by Gasteiger charge is -2.14. The smallest absolute Gasteiger partial charge is 0.449 e. The number of hydrogen-bond donors (Lipinski definition) is 2. The van der Waals surface area contributed by atoms with Crippen molar-refractivity contribution in [1.29, 1.82) is 0 Å². The number of anilines is 1. The van der Waals surface area contributed by atoms with Crippen molar-refractivity contribution in [3.63, 3.8) is 0 Å². The second-order valence-corrected chi connectivity index (χ2v) is 8.71. The van der Waals surface area contributed by atoms with Crippen molar-refractivity contribution >= 4 is 29.0 Å². The summed E-state index contributed by atoms with van der Waals surface area (Å²) < 4.78 is 7.04. The molecular formula is C27H29N5O4. The molecule has 0 unspecified atom stereocenters. The average Bonchev–Trinajstić information content (AvgIpc) is 3.15. The molecule has 0 saturated heterocycles. The number of amides is 2. The van der Waals surface area contributed by atoms with Gasteiger partial charge in [0, 0.05) is 26.1 Å². The predicted octanol–water partition coefficient (Wildman–Crippen LogP) is 5.56. The first-order valence-electron chi connectivity index (χ1n) is 11.7. The van der Waals surface area contributed by atoms with Crippen LogP contribution in [0.4, 0.5) is 15.3 Å². The van der Waals surface area contributed by atoms with Crippen molar-refractivity contribution in [1.82, 2.24) is 19.4 Å². The number of fused-ring (bicyclic) bond motifs is 1. The molecule has 2 N–H and O–H groups in total. The number of urea groups is 1. The van der Waals surface area contributed by atoms with Crippen LogP contribution in [0.25, 0.3) is 22.3 Å². The third kappa shape index (κ3) is 5.30. The van der Waals surface area contributed by atoms with Gasteiger partial charge < -0.3 is 24.6 Å². The lowest BCUT2D eigenvalue weighted by Crippen LogP contribution is -2.27. The highest BCUT2D eigenvalue weighted by Gasteiger charge is 2.16. The van der Waals surface area contributed by atoms with Crippen molar-refractivity contribution in [3.8, 4) is 16.9 Å². The van der Waals surface area contributed by atoms with Gasteiger partial charge in [-0.05, 0) is 36.6 Å². The number of nitrogens with one attached hydrogen (secondary N) is 1. The largest absolute Gasteiger partial charge is 0.511 e. The summed E-state index contributed by atoms with van der Waals surface area (Å²) >= 11 is 0. The van der Waals surface area contributed by atoms with E-state index in [1.807, 2.05) is 49.4 Å². The molecule has 2 aromatic heterocycles. The number of para-hydroxylation sites is 1. The number of benzene rings is 2. The van der Waals surface area contributed by atoms with E-state index in [1.54, 1.807) is 26.2 Å². The van der Waals surface area contributed by atoms with E-state index in [4.69, 9.17) is 19.8 Å². The average molecular weight is 488 g/mol. The van der Waals surface area contributed by atoms with Crippen molar-refractivity contribution < 1.29 is 19.4 Å². The standard InChI is InChI=1S/C27H29N5O4/c1-5-8-24-29-22-15-21(30-26(33)31(3)4)17(2)28-25(22)32(24)16-18-11-13-19(14-12-18)20-9-6-7-10-23(20)36-27(34)35/h6-7,9-15H,5,8,16H2,1-4H3,(H,30,33)(H,34,35). The van der Waals surface area contributed by atoms with Gasteiger partial charge in [0.2, 0.25) is 0 Å². The lowest BCUT2D eigenvalue weighted by molar-refractivity contribution is 0.144. The molecule has 0 aliphatic rings. The minimum absolute atomic E-state index is 0.220. The number of carbonyl (C=O) groups excluding carboxylic acids is 1. The van der Waals surface area contributed by atoms with E-state index < -0.39 is 6.16 Å². The number of carbonyl (C=O) groups is 2. The summed E-state index contributed by atoms with van der Waals surface area (Å²) in [5.74, 6) is 1.22. The summed E-state index contributed by atoms with van der Waals surface area (Å²) in [7, 11) is 3.38. The van der Waals surface area contributed by atoms with Crippen molar-refractivity contribution in [2.75, 3.05) is 19.4 Å². The number of aromatic nitrogens is 3. The number of carboxylic acid groups (broad SMARTS) is 1. The fourth-order valence-corrected chi connectivity index (χ4v) is 3.98. The molecule has 0 radical (unpaired) electrons. The van der Waals surface area contributed by atoms with E-state index in [0.29, 0.717) is 29.2 Å². The van der Waals surface area contributed by atoms with Gasteiger partial charge in [0.1, 0.15) is 17.1 Å². The minimum Gasteiger partial charge on any atom is -0.449 e. The Morgan fingerprint density at radius 1 is 1.08 bits per heavy atom. The highest BCUT2D eigenvalue weighted by atomic mass is 16.7. The molecule has 0 aliphatic heterocycles. The number of aryl methyl sites for hydroxylation is 2. The Kier molecular flexibility index (Phi) is 7.19. The van der Waals surface area contributed by atoms with E-state index >= 15 is 0 Å². The zero-order valence-corrected chi connectivity index (χ0v) is 20.8. The molecule has 2 aromatic carbocycles. The van der Waals surface area contributed by atoms with Crippen LogP contribution >= 0.6 is 0 Å². The fourth-order valence-electron chi connectivity index (χ4n) is 3.98. The normalized spacial score (nSPS) is 10.9. The topological polar surface area (TPSA) is 110 Å². The first kappa shape index (κ1) is 24.7. The Balaban J connectivity index is 1.66. The molecule has 0 bridgehead atoms. The summed E-state index contributed by atoms with van der Waals surface area (Å²) in [5, 5.41) is 11.9. The van der Waals surface area contributed by atoms with Crippen LogP contribution in [0, 0.1) is 6.92 Å². The van der Waals surface area contributed by atoms with Crippen LogP contribution < -0.4 is 10.1 Å². The molecule has 0 spiro atoms. The minimum atomic E-state index is -1.35. The molecule has 0 fully saturated rings. The Morgan fingerprint density at radius 2 is 1.81 bits per heavy atom. The van der Waals surface area contributed by atoms with E-state index in [9.17, 15) is 9.59 Å². The van der Waals surface area contributed by atoms with Crippen molar-refractivity contribution in [2.24, 2.45) is 0 Å². The number of imidazole rings is 1. The molecule has 4 rings (SSSR count). The van der Waals surface area contributed by atoms with Crippen LogP contribution in [0.3, 0.4) is 0 Å². The van der Waals surface area contributed by atoms with Crippen LogP contribution in [-0.2, 0) is 13.0 Å². The third-order valence-electron chi connectivity index (χ3n) is 5.80. The van der Waals surface area contributed by atoms with Gasteiger partial charge in [-0.15, -0.1) is 0 Å². The molecule has 9 nitrogen and oxygen atoms in total. The molecule has 0 aliphatic carbocycles. The van der Waals surface area contributed by atoms with Crippen molar-refractivity contribution in [3.05, 3.63) is 71.7 Å². The molecule has 186 valence electrons. The van der Waals surface area contributed by atoms with E-state index in [2.05, 4.69) is 16.8 Å². The third-order valence-corrected chi connectivity index (χ3v) is 5.80. The van der Waals surface area contributed by atoms with Gasteiger partial charge in [-0.3, -0.25) is 0 Å². The maximum Gasteiger partial charge on any atom is 0.511 e. The van der Waals surface area contributed by atoms with Crippen LogP contribution in [0.2, 0.25) is 0 Å². The Labute approximate surface area is 209 Å². The first-order chi connectivity index (χ1) is 17.3. The number of rotatable bonds is 7. The predicted molar refractivity (Wildman–Crippen MR) is 139 cm³/mol. The van der Waals surface area contributed by atoms with E-state index in [1.165, 1.54) is 4.90 Å². The van der Waals surface area contributed by atoms with Gasteiger partial charge in [0.15, 0.2) is 5.65 Å². The summed E-state index contributed by atoms with van der Waals surface area (Å²) in [6.45, 7) is 4.55. The summed E-state index contributed by atoms with van der Waals surface area (Å²) in [6, 6.07) is 16.6. The molecule has 0 atom stereocenters. The van der Waals surface area contributed by atoms with Gasteiger partial charge in [-0.1, -0.05) is 49.4 Å². The summed E-state index contributed by atoms with van der Waals surface area (Å²) in [5.41, 5.74) is 5.47. The summed E-state index contributed by atoms with van der Waals surface area (Å²) in [4.78, 5) is 34.3. The van der Waals surface area contributed by atoms with Crippen LogP contribution in [0.15, 0.2) is 54.6 Å². The van der Waals surface area contributed by atoms with Crippen LogP contribution in [0.1, 0.15) is 30.4 Å². The maximum absolute atomic E-state index is 12.1. The highest BCUT2D eigenvalue weighted by molar-refractivity contribution is 5.91. The monoisotopic (exact) mass is 487 g/mol. The Morgan fingerprint density at radius 3 is 2.47 bits per heavy atom. The number of nitrogens with zero attached hydrogens (tertiary/aromatic N) is 4. The first-order valence-corrected chi connectivity index (χ1v) is 11.7. The zero-order valence-electron chi connectivity index (χ0n) is 20.8. The SMILES string of the molecule is CCCc1nc2cc(NC(=O)N(C)C)c(C)nc2n1Cc1ccc(-c2ccccc2OC(=O)O)cc1. The fraction of sp³-hybridized carbons (Fsp3) is 0.259. The molecule has 2 amide bonds. The lowest BCUT2D eigenvalue weighted by atomic mass is 10.0. The van der Waals surface area contributed by atoms with Gasteiger partial charge in [0.05, 0.1) is 17.9 Å². The zero-order chi connectivity index (χ0) is 25.8. The second-order valence-electron chi connectivity index (χ2n) is 8.71. The van der Waals surface area contributed by atoms with E-state index in [-0.39, 0.29) is 6.03 Å². The highest BCUT2D eigenvalue weighted by Crippen LogP contribution is 2.30. The number of hydrogen-bond acceptors (Lipinski definition) is 5. The molecule has 0 saturated carbocycles. The quantitative estimate of drug-likeness (QED) is 0.261.